The van der Waals surface area contributed by atoms with Gasteiger partial charge < -0.3 is 4.40 Å². The molecular weight excluding hydrogens is 707 g/mol. The lowest BCUT2D eigenvalue weighted by atomic mass is 10.0. The molecule has 0 amide bonds. The first-order chi connectivity index (χ1) is 28.8. The number of hydrogen-bond donors (Lipinski definition) is 0. The van der Waals surface area contributed by atoms with E-state index < -0.39 is 0 Å². The van der Waals surface area contributed by atoms with Crippen LogP contribution in [0.15, 0.2) is 200 Å². The minimum Gasteiger partial charge on any atom is -0.307 e. The Labute approximate surface area is 333 Å². The van der Waals surface area contributed by atoms with Crippen molar-refractivity contribution in [2.45, 2.75) is 0 Å². The predicted octanol–water partition coefficient (Wildman–Crippen LogP) is 13.3. The van der Waals surface area contributed by atoms with Crippen LogP contribution in [0.2, 0.25) is 0 Å². The van der Waals surface area contributed by atoms with Crippen molar-refractivity contribution in [1.29, 1.82) is 0 Å². The van der Waals surface area contributed by atoms with E-state index in [1.165, 1.54) is 27.1 Å². The van der Waals surface area contributed by atoms with E-state index in [1.807, 2.05) is 12.1 Å². The highest BCUT2D eigenvalue weighted by atomic mass is 15.2. The molecule has 0 saturated carbocycles. The van der Waals surface area contributed by atoms with Crippen molar-refractivity contribution in [3.63, 3.8) is 0 Å². The van der Waals surface area contributed by atoms with Gasteiger partial charge in [-0.1, -0.05) is 170 Å². The van der Waals surface area contributed by atoms with E-state index in [-0.39, 0.29) is 0 Å². The summed E-state index contributed by atoms with van der Waals surface area (Å²) in [5, 5.41) is 7.06. The van der Waals surface area contributed by atoms with Gasteiger partial charge in [0.2, 0.25) is 5.95 Å². The van der Waals surface area contributed by atoms with Crippen LogP contribution in [0.25, 0.3) is 111 Å². The molecule has 0 fully saturated rings. The molecule has 0 spiro atoms. The smallest absolute Gasteiger partial charge is 0.238 e. The van der Waals surface area contributed by atoms with Crippen LogP contribution in [-0.2, 0) is 0 Å². The zero-order valence-electron chi connectivity index (χ0n) is 31.3. The maximum absolute atomic E-state index is 5.42. The average Bonchev–Trinajstić information content (AvgIpc) is 3.86. The van der Waals surface area contributed by atoms with Crippen LogP contribution in [0, 0.1) is 0 Å². The maximum atomic E-state index is 5.42. The number of benzene rings is 8. The van der Waals surface area contributed by atoms with E-state index >= 15 is 0 Å². The van der Waals surface area contributed by atoms with E-state index in [9.17, 15) is 0 Å². The Bertz CT molecular complexity index is 3460. The Morgan fingerprint density at radius 3 is 1.41 bits per heavy atom. The topological polar surface area (TPSA) is 48.0 Å². The van der Waals surface area contributed by atoms with Crippen LogP contribution < -0.4 is 0 Å². The third kappa shape index (κ3) is 5.00. The molecule has 270 valence electrons. The predicted molar refractivity (Wildman–Crippen MR) is 239 cm³/mol. The van der Waals surface area contributed by atoms with E-state index in [2.05, 4.69) is 197 Å². The van der Waals surface area contributed by atoms with Gasteiger partial charge in [0.1, 0.15) is 0 Å². The summed E-state index contributed by atoms with van der Waals surface area (Å²) >= 11 is 0. The fourth-order valence-corrected chi connectivity index (χ4v) is 8.89. The molecule has 0 N–H and O–H groups in total. The summed E-state index contributed by atoms with van der Waals surface area (Å²) in [6, 6.07) is 70.9. The van der Waals surface area contributed by atoms with E-state index in [0.29, 0.717) is 17.6 Å². The highest BCUT2D eigenvalue weighted by molar-refractivity contribution is 6.25. The minimum atomic E-state index is 0.562. The standard InChI is InChI=1S/C53H33N5/c1-3-15-34(16-4-1)36-20-13-22-39(31-36)51-54-52(40-23-14-21-37(32-40)35-17-5-2-6-18-35)56-53(55-51)58-47-28-12-10-26-43(47)45-30-29-44-41-24-8-9-25-42(41)48-33-38-19-7-11-27-46(38)57(48)49(44)50(45)58/h1-33H. The fraction of sp³-hybridized carbons (Fsp3) is 0. The first kappa shape index (κ1) is 32.4. The number of pyridine rings is 1. The summed E-state index contributed by atoms with van der Waals surface area (Å²) in [7, 11) is 0. The highest BCUT2D eigenvalue weighted by Crippen LogP contribution is 2.42. The first-order valence-corrected chi connectivity index (χ1v) is 19.6. The maximum Gasteiger partial charge on any atom is 0.238 e. The Balaban J connectivity index is 1.21. The molecule has 4 aromatic heterocycles. The molecule has 0 unspecified atom stereocenters. The summed E-state index contributed by atoms with van der Waals surface area (Å²) in [6.45, 7) is 0. The van der Waals surface area contributed by atoms with Crippen molar-refractivity contribution in [2.75, 3.05) is 0 Å². The normalized spacial score (nSPS) is 11.8. The molecule has 0 aliphatic heterocycles. The summed E-state index contributed by atoms with van der Waals surface area (Å²) in [4.78, 5) is 16.1. The highest BCUT2D eigenvalue weighted by Gasteiger charge is 2.23. The second-order valence-corrected chi connectivity index (χ2v) is 14.9. The molecule has 0 aliphatic carbocycles. The summed E-state index contributed by atoms with van der Waals surface area (Å²) in [6.07, 6.45) is 0. The average molecular weight is 740 g/mol. The molecular formula is C53H33N5. The lowest BCUT2D eigenvalue weighted by Gasteiger charge is -2.15. The molecule has 5 heteroatoms. The molecule has 12 rings (SSSR count). The molecule has 0 radical (unpaired) electrons. The van der Waals surface area contributed by atoms with Gasteiger partial charge >= 0.3 is 0 Å². The van der Waals surface area contributed by atoms with Crippen LogP contribution in [0.4, 0.5) is 0 Å². The van der Waals surface area contributed by atoms with Gasteiger partial charge in [0, 0.05) is 38.1 Å². The van der Waals surface area contributed by atoms with Gasteiger partial charge in [-0.15, -0.1) is 0 Å². The lowest BCUT2D eigenvalue weighted by molar-refractivity contribution is 0.954. The number of hydrogen-bond acceptors (Lipinski definition) is 3. The monoisotopic (exact) mass is 739 g/mol. The molecule has 4 heterocycles. The van der Waals surface area contributed by atoms with Gasteiger partial charge in [-0.05, 0) is 58.0 Å². The quantitative estimate of drug-likeness (QED) is 0.165. The van der Waals surface area contributed by atoms with Crippen LogP contribution in [0.3, 0.4) is 0 Å². The van der Waals surface area contributed by atoms with Crippen molar-refractivity contribution < 1.29 is 0 Å². The molecule has 0 bridgehead atoms. The van der Waals surface area contributed by atoms with Gasteiger partial charge in [-0.2, -0.15) is 9.97 Å². The Morgan fingerprint density at radius 2 is 0.776 bits per heavy atom. The third-order valence-corrected chi connectivity index (χ3v) is 11.5. The van der Waals surface area contributed by atoms with Gasteiger partial charge in [0.25, 0.3) is 0 Å². The van der Waals surface area contributed by atoms with Crippen molar-refractivity contribution in [2.24, 2.45) is 0 Å². The summed E-state index contributed by atoms with van der Waals surface area (Å²) in [5.41, 5.74) is 11.8. The van der Waals surface area contributed by atoms with Crippen LogP contribution in [-0.4, -0.2) is 23.9 Å². The van der Waals surface area contributed by atoms with Gasteiger partial charge in [0.05, 0.1) is 27.6 Å². The Kier molecular flexibility index (Phi) is 7.16. The zero-order valence-corrected chi connectivity index (χ0v) is 31.3. The molecule has 0 saturated heterocycles. The van der Waals surface area contributed by atoms with Gasteiger partial charge in [0.15, 0.2) is 11.6 Å². The van der Waals surface area contributed by atoms with Crippen LogP contribution in [0.1, 0.15) is 0 Å². The van der Waals surface area contributed by atoms with Crippen molar-refractivity contribution in [3.8, 4) is 51.0 Å². The minimum absolute atomic E-state index is 0.562. The number of fused-ring (bicyclic) bond motifs is 12. The van der Waals surface area contributed by atoms with E-state index in [0.717, 1.165) is 66.2 Å². The van der Waals surface area contributed by atoms with Crippen LogP contribution in [0.5, 0.6) is 0 Å². The van der Waals surface area contributed by atoms with Crippen molar-refractivity contribution in [3.05, 3.63) is 200 Å². The number of rotatable bonds is 5. The molecule has 0 aliphatic rings. The molecule has 58 heavy (non-hydrogen) atoms. The summed E-state index contributed by atoms with van der Waals surface area (Å²) in [5.74, 6) is 1.78. The second-order valence-electron chi connectivity index (χ2n) is 14.9. The van der Waals surface area contributed by atoms with E-state index in [1.54, 1.807) is 0 Å². The first-order valence-electron chi connectivity index (χ1n) is 19.6. The van der Waals surface area contributed by atoms with E-state index in [4.69, 9.17) is 15.0 Å². The fourth-order valence-electron chi connectivity index (χ4n) is 8.89. The number of nitrogens with zero attached hydrogens (tertiary/aromatic N) is 5. The second kappa shape index (κ2) is 12.8. The summed E-state index contributed by atoms with van der Waals surface area (Å²) < 4.78 is 4.72. The lowest BCUT2D eigenvalue weighted by Crippen LogP contribution is -2.07. The molecule has 5 nitrogen and oxygen atoms in total. The molecule has 0 atom stereocenters. The van der Waals surface area contributed by atoms with Gasteiger partial charge in [-0.3, -0.25) is 4.57 Å². The van der Waals surface area contributed by atoms with Crippen molar-refractivity contribution in [1.82, 2.24) is 23.9 Å². The molecule has 12 aromatic rings. The third-order valence-electron chi connectivity index (χ3n) is 11.5. The Morgan fingerprint density at radius 1 is 0.293 bits per heavy atom. The number of aromatic nitrogens is 5. The number of para-hydroxylation sites is 2. The zero-order chi connectivity index (χ0) is 38.2. The largest absolute Gasteiger partial charge is 0.307 e. The molecule has 8 aromatic carbocycles. The Hall–Kier alpha value is -7.89. The van der Waals surface area contributed by atoms with Crippen molar-refractivity contribution >= 4 is 59.9 Å². The van der Waals surface area contributed by atoms with Crippen LogP contribution >= 0.6 is 0 Å². The SMILES string of the molecule is c1ccc(-c2cccc(-c3nc(-c4cccc(-c5ccccc5)c4)nc(-n4c5ccccc5c5ccc6c7ccccc7c7cc8ccccc8n7c6c54)n3)c2)cc1. The van der Waals surface area contributed by atoms with Gasteiger partial charge in [-0.25, -0.2) is 4.98 Å².